The van der Waals surface area contributed by atoms with Gasteiger partial charge in [0.15, 0.2) is 5.76 Å². The fourth-order valence-corrected chi connectivity index (χ4v) is 4.75. The third-order valence-corrected chi connectivity index (χ3v) is 6.03. The number of rotatable bonds is 3. The Bertz CT molecular complexity index is 857. The van der Waals surface area contributed by atoms with Crippen LogP contribution >= 0.6 is 11.8 Å². The number of aliphatic imine (C=N–C) groups is 1. The number of nitrogens with zero attached hydrogens (tertiary/aromatic N) is 1. The number of fused-ring (bicyclic) bond motifs is 3. The monoisotopic (exact) mass is 358 g/mol. The van der Waals surface area contributed by atoms with E-state index in [0.717, 1.165) is 40.3 Å². The van der Waals surface area contributed by atoms with Crippen molar-refractivity contribution in [3.8, 4) is 0 Å². The van der Waals surface area contributed by atoms with Crippen molar-refractivity contribution in [1.82, 2.24) is 5.32 Å². The molecule has 0 saturated heterocycles. The summed E-state index contributed by atoms with van der Waals surface area (Å²) in [6.45, 7) is 4.31. The highest BCUT2D eigenvalue weighted by molar-refractivity contribution is 8.14. The lowest BCUT2D eigenvalue weighted by atomic mass is 9.90. The van der Waals surface area contributed by atoms with E-state index in [1.807, 2.05) is 25.6 Å². The Balaban J connectivity index is 1.54. The number of carbonyl (C=O) groups excluding carboxylic acids is 1. The van der Waals surface area contributed by atoms with E-state index in [0.29, 0.717) is 17.6 Å². The van der Waals surface area contributed by atoms with Crippen LogP contribution in [0.3, 0.4) is 0 Å². The van der Waals surface area contributed by atoms with E-state index in [1.165, 1.54) is 12.1 Å². The SMILES string of the molecule is CC1=N[C@@H]2c3c(oc(C(=O)NCc4ccc(F)cc4)c3C)CC[C@@H]2S1. The highest BCUT2D eigenvalue weighted by Crippen LogP contribution is 2.47. The summed E-state index contributed by atoms with van der Waals surface area (Å²) in [4.78, 5) is 17.3. The minimum Gasteiger partial charge on any atom is -0.455 e. The van der Waals surface area contributed by atoms with Crippen LogP contribution in [0, 0.1) is 12.7 Å². The molecule has 1 aliphatic carbocycles. The third-order valence-electron chi connectivity index (χ3n) is 4.79. The van der Waals surface area contributed by atoms with Gasteiger partial charge in [-0.25, -0.2) is 4.39 Å². The van der Waals surface area contributed by atoms with E-state index in [9.17, 15) is 9.18 Å². The second-order valence-electron chi connectivity index (χ2n) is 6.49. The lowest BCUT2D eigenvalue weighted by molar-refractivity contribution is 0.0920. The number of aryl methyl sites for hydroxylation is 1. The summed E-state index contributed by atoms with van der Waals surface area (Å²) in [6, 6.07) is 6.20. The van der Waals surface area contributed by atoms with Crippen LogP contribution in [-0.4, -0.2) is 16.2 Å². The topological polar surface area (TPSA) is 54.6 Å². The number of hydrogen-bond acceptors (Lipinski definition) is 4. The van der Waals surface area contributed by atoms with Crippen molar-refractivity contribution in [2.45, 2.75) is 44.5 Å². The maximum atomic E-state index is 13.0. The van der Waals surface area contributed by atoms with Gasteiger partial charge in [-0.2, -0.15) is 0 Å². The van der Waals surface area contributed by atoms with Crippen molar-refractivity contribution < 1.29 is 13.6 Å². The van der Waals surface area contributed by atoms with Crippen LogP contribution < -0.4 is 5.32 Å². The molecule has 2 atom stereocenters. The Hall–Kier alpha value is -2.08. The number of hydrogen-bond donors (Lipinski definition) is 1. The number of benzene rings is 1. The summed E-state index contributed by atoms with van der Waals surface area (Å²) in [7, 11) is 0. The standard InChI is InChI=1S/C19H19FN2O2S/c1-10-16-14(7-8-15-17(16)22-11(2)25-15)24-18(10)19(23)21-9-12-3-5-13(20)6-4-12/h3-6,15,17H,7-9H2,1-2H3,(H,21,23)/t15-,17-/m0/s1. The Labute approximate surface area is 149 Å². The van der Waals surface area contributed by atoms with Gasteiger partial charge in [0.05, 0.1) is 11.1 Å². The van der Waals surface area contributed by atoms with Crippen LogP contribution in [0.1, 0.15) is 52.4 Å². The molecule has 2 aliphatic rings. The first-order valence-corrected chi connectivity index (χ1v) is 9.26. The predicted molar refractivity (Wildman–Crippen MR) is 96.6 cm³/mol. The predicted octanol–water partition coefficient (Wildman–Crippen LogP) is 4.18. The number of nitrogens with one attached hydrogen (secondary N) is 1. The Morgan fingerprint density at radius 2 is 2.12 bits per heavy atom. The van der Waals surface area contributed by atoms with Crippen molar-refractivity contribution in [2.75, 3.05) is 0 Å². The summed E-state index contributed by atoms with van der Waals surface area (Å²) in [5, 5.41) is 4.42. The zero-order valence-electron chi connectivity index (χ0n) is 14.1. The van der Waals surface area contributed by atoms with Crippen LogP contribution in [0.2, 0.25) is 0 Å². The second kappa shape index (κ2) is 6.33. The van der Waals surface area contributed by atoms with Gasteiger partial charge in [-0.05, 0) is 38.0 Å². The maximum absolute atomic E-state index is 13.0. The summed E-state index contributed by atoms with van der Waals surface area (Å²) in [5.41, 5.74) is 2.82. The summed E-state index contributed by atoms with van der Waals surface area (Å²) in [6.07, 6.45) is 1.87. The molecule has 6 heteroatoms. The van der Waals surface area contributed by atoms with E-state index in [4.69, 9.17) is 9.41 Å². The van der Waals surface area contributed by atoms with Crippen molar-refractivity contribution in [1.29, 1.82) is 0 Å². The van der Waals surface area contributed by atoms with Gasteiger partial charge in [-0.1, -0.05) is 12.1 Å². The normalized spacial score (nSPS) is 21.5. The lowest BCUT2D eigenvalue weighted by Gasteiger charge is -2.22. The van der Waals surface area contributed by atoms with Crippen LogP contribution in [0.4, 0.5) is 4.39 Å². The van der Waals surface area contributed by atoms with Gasteiger partial charge < -0.3 is 9.73 Å². The molecule has 130 valence electrons. The van der Waals surface area contributed by atoms with Gasteiger partial charge >= 0.3 is 0 Å². The third kappa shape index (κ3) is 2.99. The van der Waals surface area contributed by atoms with E-state index in [-0.39, 0.29) is 17.8 Å². The lowest BCUT2D eigenvalue weighted by Crippen LogP contribution is -2.23. The fraction of sp³-hybridized carbons (Fsp3) is 0.368. The molecular formula is C19H19FN2O2S. The first kappa shape index (κ1) is 16.4. The Morgan fingerprint density at radius 1 is 1.36 bits per heavy atom. The smallest absolute Gasteiger partial charge is 0.287 e. The number of carbonyl (C=O) groups is 1. The highest BCUT2D eigenvalue weighted by atomic mass is 32.2. The Morgan fingerprint density at radius 3 is 2.88 bits per heavy atom. The molecule has 0 saturated carbocycles. The van der Waals surface area contributed by atoms with Gasteiger partial charge in [-0.3, -0.25) is 9.79 Å². The van der Waals surface area contributed by atoms with Gasteiger partial charge in [0, 0.05) is 29.3 Å². The summed E-state index contributed by atoms with van der Waals surface area (Å²) < 4.78 is 18.9. The quantitative estimate of drug-likeness (QED) is 0.896. The largest absolute Gasteiger partial charge is 0.455 e. The highest BCUT2D eigenvalue weighted by Gasteiger charge is 2.39. The fourth-order valence-electron chi connectivity index (χ4n) is 3.57. The van der Waals surface area contributed by atoms with E-state index < -0.39 is 0 Å². The van der Waals surface area contributed by atoms with Crippen LogP contribution in [0.25, 0.3) is 0 Å². The minimum atomic E-state index is -0.288. The molecule has 1 amide bonds. The molecule has 4 nitrogen and oxygen atoms in total. The molecular weight excluding hydrogens is 339 g/mol. The molecule has 0 unspecified atom stereocenters. The van der Waals surface area contributed by atoms with E-state index in [1.54, 1.807) is 12.1 Å². The van der Waals surface area contributed by atoms with E-state index in [2.05, 4.69) is 5.32 Å². The van der Waals surface area contributed by atoms with Crippen molar-refractivity contribution in [3.63, 3.8) is 0 Å². The molecule has 2 aromatic rings. The molecule has 1 N–H and O–H groups in total. The molecule has 25 heavy (non-hydrogen) atoms. The molecule has 0 fully saturated rings. The molecule has 1 aliphatic heterocycles. The number of amides is 1. The van der Waals surface area contributed by atoms with Gasteiger partial charge in [0.25, 0.3) is 5.91 Å². The van der Waals surface area contributed by atoms with Crippen LogP contribution in [0.5, 0.6) is 0 Å². The first-order chi connectivity index (χ1) is 12.0. The zero-order chi connectivity index (χ0) is 17.6. The van der Waals surface area contributed by atoms with Gasteiger partial charge in [0.1, 0.15) is 11.6 Å². The number of furan rings is 1. The van der Waals surface area contributed by atoms with Gasteiger partial charge in [-0.15, -0.1) is 11.8 Å². The van der Waals surface area contributed by atoms with E-state index >= 15 is 0 Å². The molecule has 0 radical (unpaired) electrons. The molecule has 1 aromatic heterocycles. The summed E-state index contributed by atoms with van der Waals surface area (Å²) in [5.74, 6) is 0.742. The minimum absolute atomic E-state index is 0.108. The van der Waals surface area contributed by atoms with Crippen LogP contribution in [-0.2, 0) is 13.0 Å². The Kier molecular flexibility index (Phi) is 4.15. The van der Waals surface area contributed by atoms with Crippen molar-refractivity contribution >= 4 is 22.7 Å². The van der Waals surface area contributed by atoms with Crippen molar-refractivity contribution in [2.24, 2.45) is 4.99 Å². The van der Waals surface area contributed by atoms with Crippen LogP contribution in [0.15, 0.2) is 33.7 Å². The molecule has 0 spiro atoms. The zero-order valence-corrected chi connectivity index (χ0v) is 15.0. The number of halogens is 1. The average Bonchev–Trinajstić information content (AvgIpc) is 3.13. The number of thioether (sulfide) groups is 1. The molecule has 2 heterocycles. The maximum Gasteiger partial charge on any atom is 0.287 e. The second-order valence-corrected chi connectivity index (χ2v) is 7.92. The van der Waals surface area contributed by atoms with Crippen molar-refractivity contribution in [3.05, 3.63) is 58.3 Å². The molecule has 1 aromatic carbocycles. The molecule has 4 rings (SSSR count). The summed E-state index contributed by atoms with van der Waals surface area (Å²) >= 11 is 1.83. The average molecular weight is 358 g/mol. The van der Waals surface area contributed by atoms with Gasteiger partial charge in [0.2, 0.25) is 0 Å². The first-order valence-electron chi connectivity index (χ1n) is 8.39. The molecule has 0 bridgehead atoms.